The van der Waals surface area contributed by atoms with E-state index in [1.54, 1.807) is 12.5 Å². The van der Waals surface area contributed by atoms with Crippen molar-refractivity contribution < 1.29 is 4.79 Å². The molecule has 0 aromatic carbocycles. The molecule has 2 rings (SSSR count). The van der Waals surface area contributed by atoms with E-state index in [1.807, 2.05) is 4.57 Å². The molecule has 1 aromatic heterocycles. The van der Waals surface area contributed by atoms with Crippen LogP contribution in [0.1, 0.15) is 36.2 Å². The second-order valence-corrected chi connectivity index (χ2v) is 4.65. The fourth-order valence-corrected chi connectivity index (χ4v) is 2.29. The zero-order valence-corrected chi connectivity index (χ0v) is 10.1. The Labute approximate surface area is 101 Å². The van der Waals surface area contributed by atoms with Gasteiger partial charge in [-0.3, -0.25) is 4.79 Å². The van der Waals surface area contributed by atoms with Crippen LogP contribution in [0, 0.1) is 5.92 Å². The van der Waals surface area contributed by atoms with E-state index in [4.69, 9.17) is 5.73 Å². The number of carbonyl (C=O) groups excluding carboxylic acids is 1. The van der Waals surface area contributed by atoms with Crippen molar-refractivity contribution in [2.75, 3.05) is 13.1 Å². The zero-order valence-electron chi connectivity index (χ0n) is 10.1. The maximum atomic E-state index is 11.8. The third-order valence-electron chi connectivity index (χ3n) is 3.28. The summed E-state index contributed by atoms with van der Waals surface area (Å²) in [5.74, 6) is 0.581. The lowest BCUT2D eigenvalue weighted by Crippen LogP contribution is -2.28. The molecule has 0 aliphatic heterocycles. The van der Waals surface area contributed by atoms with Crippen LogP contribution in [0.25, 0.3) is 0 Å². The zero-order chi connectivity index (χ0) is 12.1. The largest absolute Gasteiger partial charge is 0.350 e. The first-order valence-corrected chi connectivity index (χ1v) is 6.29. The van der Waals surface area contributed by atoms with Gasteiger partial charge in [-0.1, -0.05) is 12.8 Å². The van der Waals surface area contributed by atoms with Crippen molar-refractivity contribution in [2.24, 2.45) is 11.7 Å². The second kappa shape index (κ2) is 5.82. The predicted molar refractivity (Wildman–Crippen MR) is 65.6 cm³/mol. The molecule has 17 heavy (non-hydrogen) atoms. The second-order valence-electron chi connectivity index (χ2n) is 4.65. The number of nitrogens with one attached hydrogen (secondary N) is 1. The van der Waals surface area contributed by atoms with E-state index in [-0.39, 0.29) is 5.91 Å². The molecule has 5 nitrogen and oxygen atoms in total. The minimum Gasteiger partial charge on any atom is -0.350 e. The van der Waals surface area contributed by atoms with E-state index < -0.39 is 0 Å². The lowest BCUT2D eigenvalue weighted by Gasteiger charge is -2.09. The molecular formula is C12H20N4O. The van der Waals surface area contributed by atoms with Gasteiger partial charge in [0.2, 0.25) is 0 Å². The summed E-state index contributed by atoms with van der Waals surface area (Å²) in [4.78, 5) is 15.9. The van der Waals surface area contributed by atoms with E-state index >= 15 is 0 Å². The molecule has 94 valence electrons. The molecule has 1 fully saturated rings. The fraction of sp³-hybridized carbons (Fsp3) is 0.667. The van der Waals surface area contributed by atoms with Gasteiger partial charge in [0.1, 0.15) is 5.69 Å². The van der Waals surface area contributed by atoms with Crippen molar-refractivity contribution in [3.63, 3.8) is 0 Å². The lowest BCUT2D eigenvalue weighted by atomic mass is 10.1. The van der Waals surface area contributed by atoms with Gasteiger partial charge in [-0.25, -0.2) is 4.98 Å². The first-order chi connectivity index (χ1) is 8.29. The van der Waals surface area contributed by atoms with Gasteiger partial charge in [0.25, 0.3) is 5.91 Å². The third-order valence-corrected chi connectivity index (χ3v) is 3.28. The molecule has 0 saturated heterocycles. The number of aromatic nitrogens is 2. The van der Waals surface area contributed by atoms with Crippen LogP contribution in [0.15, 0.2) is 12.5 Å². The molecule has 0 bridgehead atoms. The molecule has 3 N–H and O–H groups in total. The number of nitrogens with zero attached hydrogens (tertiary/aromatic N) is 2. The summed E-state index contributed by atoms with van der Waals surface area (Å²) in [6, 6.07) is 0. The molecule has 1 heterocycles. The molecular weight excluding hydrogens is 216 g/mol. The molecule has 0 unspecified atom stereocenters. The molecule has 0 spiro atoms. The van der Waals surface area contributed by atoms with E-state index in [0.717, 1.165) is 6.54 Å². The topological polar surface area (TPSA) is 72.9 Å². The Kier molecular flexibility index (Phi) is 4.14. The standard InChI is InChI=1S/C12H20N4O/c13-5-6-16-8-11(15-9-16)12(17)14-7-10-3-1-2-4-10/h8-10H,1-7,13H2,(H,14,17). The number of imidazole rings is 1. The van der Waals surface area contributed by atoms with Crippen LogP contribution in [0.4, 0.5) is 0 Å². The number of rotatable bonds is 5. The summed E-state index contributed by atoms with van der Waals surface area (Å²) in [6.07, 6.45) is 8.47. The normalized spacial score (nSPS) is 16.3. The van der Waals surface area contributed by atoms with Gasteiger partial charge in [0.05, 0.1) is 6.33 Å². The van der Waals surface area contributed by atoms with Crippen molar-refractivity contribution in [1.29, 1.82) is 0 Å². The van der Waals surface area contributed by atoms with Crippen LogP contribution >= 0.6 is 0 Å². The number of nitrogens with two attached hydrogens (primary N) is 1. The van der Waals surface area contributed by atoms with Gasteiger partial charge < -0.3 is 15.6 Å². The highest BCUT2D eigenvalue weighted by Crippen LogP contribution is 2.23. The minimum atomic E-state index is -0.0762. The highest BCUT2D eigenvalue weighted by molar-refractivity contribution is 5.91. The van der Waals surface area contributed by atoms with Gasteiger partial charge in [0, 0.05) is 25.8 Å². The molecule has 0 atom stereocenters. The van der Waals surface area contributed by atoms with E-state index in [9.17, 15) is 4.79 Å². The van der Waals surface area contributed by atoms with E-state index in [1.165, 1.54) is 25.7 Å². The quantitative estimate of drug-likeness (QED) is 0.792. The maximum Gasteiger partial charge on any atom is 0.271 e. The molecule has 1 aliphatic rings. The molecule has 1 aromatic rings. The van der Waals surface area contributed by atoms with Gasteiger partial charge in [-0.2, -0.15) is 0 Å². The van der Waals surface area contributed by atoms with Gasteiger partial charge in [-0.15, -0.1) is 0 Å². The van der Waals surface area contributed by atoms with Crippen molar-refractivity contribution >= 4 is 5.91 Å². The van der Waals surface area contributed by atoms with Gasteiger partial charge in [-0.05, 0) is 18.8 Å². The number of carbonyl (C=O) groups is 1. The maximum absolute atomic E-state index is 11.8. The highest BCUT2D eigenvalue weighted by Gasteiger charge is 2.16. The van der Waals surface area contributed by atoms with Crippen molar-refractivity contribution in [2.45, 2.75) is 32.2 Å². The monoisotopic (exact) mass is 236 g/mol. The number of hydrogen-bond donors (Lipinski definition) is 2. The Morgan fingerprint density at radius 1 is 1.53 bits per heavy atom. The van der Waals surface area contributed by atoms with Crippen LogP contribution < -0.4 is 11.1 Å². The fourth-order valence-electron chi connectivity index (χ4n) is 2.29. The Balaban J connectivity index is 1.81. The lowest BCUT2D eigenvalue weighted by molar-refractivity contribution is 0.0943. The van der Waals surface area contributed by atoms with Crippen molar-refractivity contribution in [3.8, 4) is 0 Å². The molecule has 1 saturated carbocycles. The molecule has 1 aliphatic carbocycles. The van der Waals surface area contributed by atoms with Crippen LogP contribution in [0.5, 0.6) is 0 Å². The van der Waals surface area contributed by atoms with E-state index in [0.29, 0.717) is 24.7 Å². The summed E-state index contributed by atoms with van der Waals surface area (Å²) in [6.45, 7) is 2.03. The average molecular weight is 236 g/mol. The summed E-state index contributed by atoms with van der Waals surface area (Å²) in [5.41, 5.74) is 5.92. The summed E-state index contributed by atoms with van der Waals surface area (Å²) in [7, 11) is 0. The Morgan fingerprint density at radius 2 is 2.29 bits per heavy atom. The first kappa shape index (κ1) is 12.1. The number of amides is 1. The molecule has 0 radical (unpaired) electrons. The van der Waals surface area contributed by atoms with Crippen LogP contribution in [-0.4, -0.2) is 28.5 Å². The molecule has 5 heteroatoms. The molecule has 1 amide bonds. The van der Waals surface area contributed by atoms with Crippen LogP contribution in [0.2, 0.25) is 0 Å². The minimum absolute atomic E-state index is 0.0762. The smallest absolute Gasteiger partial charge is 0.271 e. The average Bonchev–Trinajstić information content (AvgIpc) is 2.97. The highest BCUT2D eigenvalue weighted by atomic mass is 16.1. The summed E-state index contributed by atoms with van der Waals surface area (Å²) >= 11 is 0. The summed E-state index contributed by atoms with van der Waals surface area (Å²) < 4.78 is 1.84. The van der Waals surface area contributed by atoms with Crippen LogP contribution in [0.3, 0.4) is 0 Å². The Hall–Kier alpha value is -1.36. The predicted octanol–water partition coefficient (Wildman–Crippen LogP) is 0.762. The van der Waals surface area contributed by atoms with Crippen molar-refractivity contribution in [3.05, 3.63) is 18.2 Å². The SMILES string of the molecule is NCCn1cnc(C(=O)NCC2CCCC2)c1. The third kappa shape index (κ3) is 3.30. The Bertz CT molecular complexity index is 368. The van der Waals surface area contributed by atoms with Gasteiger partial charge in [0.15, 0.2) is 0 Å². The van der Waals surface area contributed by atoms with E-state index in [2.05, 4.69) is 10.3 Å². The Morgan fingerprint density at radius 3 is 3.00 bits per heavy atom. The first-order valence-electron chi connectivity index (χ1n) is 6.29. The van der Waals surface area contributed by atoms with Gasteiger partial charge >= 0.3 is 0 Å². The van der Waals surface area contributed by atoms with Crippen molar-refractivity contribution in [1.82, 2.24) is 14.9 Å². The van der Waals surface area contributed by atoms with Crippen LogP contribution in [-0.2, 0) is 6.54 Å². The number of hydrogen-bond acceptors (Lipinski definition) is 3. The summed E-state index contributed by atoms with van der Waals surface area (Å²) in [5, 5.41) is 2.95.